The van der Waals surface area contributed by atoms with Crippen LogP contribution in [0, 0.1) is 0 Å². The molecule has 9 nitrogen and oxygen atoms in total. The summed E-state index contributed by atoms with van der Waals surface area (Å²) in [5, 5.41) is 17.4. The van der Waals surface area contributed by atoms with Crippen LogP contribution in [0.1, 0.15) is 60.4 Å². The molecule has 2 aliphatic rings. The number of carbonyl (C=O) groups excluding carboxylic acids is 1. The normalized spacial score (nSPS) is 21.0. The number of nitrogens with zero attached hydrogens (tertiary/aromatic N) is 3. The first kappa shape index (κ1) is 23.4. The summed E-state index contributed by atoms with van der Waals surface area (Å²) in [5.74, 6) is 0.929. The maximum atomic E-state index is 11.7. The number of ether oxygens (including phenoxy) is 2. The van der Waals surface area contributed by atoms with Gasteiger partial charge in [0.15, 0.2) is 0 Å². The molecule has 3 heterocycles. The Labute approximate surface area is 204 Å². The summed E-state index contributed by atoms with van der Waals surface area (Å²) in [5.41, 5.74) is 3.13. The van der Waals surface area contributed by atoms with Crippen molar-refractivity contribution in [2.45, 2.75) is 56.7 Å². The Balaban J connectivity index is 1.46. The smallest absolute Gasteiger partial charge is 0.337 e. The van der Waals surface area contributed by atoms with Gasteiger partial charge in [0.05, 0.1) is 29.7 Å². The number of methoxy groups -OCH3 is 1. The third-order valence-electron chi connectivity index (χ3n) is 6.88. The molecule has 3 aromatic rings. The molecular formula is C26H31N5O4. The van der Waals surface area contributed by atoms with E-state index in [1.807, 2.05) is 6.20 Å². The summed E-state index contributed by atoms with van der Waals surface area (Å²) in [6.07, 6.45) is 8.79. The number of nitrogens with one attached hydrogen (secondary N) is 2. The SMILES string of the molecule is COC(=O)c1ccc(Nc2ncc3c(OC4CCNCC4)ncc([C@H]4CC[C@H](O)CC4)c3n2)cc1. The van der Waals surface area contributed by atoms with Gasteiger partial charge in [0.25, 0.3) is 0 Å². The molecule has 0 bridgehead atoms. The van der Waals surface area contributed by atoms with Gasteiger partial charge in [-0.3, -0.25) is 0 Å². The van der Waals surface area contributed by atoms with Gasteiger partial charge in [0.2, 0.25) is 11.8 Å². The first-order chi connectivity index (χ1) is 17.1. The molecule has 1 aromatic carbocycles. The monoisotopic (exact) mass is 477 g/mol. The minimum Gasteiger partial charge on any atom is -0.474 e. The van der Waals surface area contributed by atoms with Crippen LogP contribution in [-0.2, 0) is 4.74 Å². The molecule has 2 fully saturated rings. The summed E-state index contributed by atoms with van der Waals surface area (Å²) in [6.45, 7) is 1.87. The molecule has 9 heteroatoms. The zero-order chi connectivity index (χ0) is 24.2. The molecule has 0 amide bonds. The number of hydrogen-bond donors (Lipinski definition) is 3. The van der Waals surface area contributed by atoms with Crippen molar-refractivity contribution < 1.29 is 19.4 Å². The van der Waals surface area contributed by atoms with E-state index in [4.69, 9.17) is 19.4 Å². The van der Waals surface area contributed by atoms with E-state index in [9.17, 15) is 9.90 Å². The predicted octanol–water partition coefficient (Wildman–Crippen LogP) is 3.70. The third-order valence-corrected chi connectivity index (χ3v) is 6.88. The second-order valence-corrected chi connectivity index (χ2v) is 9.24. The van der Waals surface area contributed by atoms with Crippen molar-refractivity contribution in [2.75, 3.05) is 25.5 Å². The van der Waals surface area contributed by atoms with Crippen molar-refractivity contribution in [1.29, 1.82) is 0 Å². The fourth-order valence-electron chi connectivity index (χ4n) is 4.86. The van der Waals surface area contributed by atoms with Gasteiger partial charge >= 0.3 is 5.97 Å². The van der Waals surface area contributed by atoms with Crippen molar-refractivity contribution in [3.63, 3.8) is 0 Å². The molecule has 3 N–H and O–H groups in total. The quantitative estimate of drug-likeness (QED) is 0.457. The zero-order valence-corrected chi connectivity index (χ0v) is 19.9. The lowest BCUT2D eigenvalue weighted by Crippen LogP contribution is -2.34. The highest BCUT2D eigenvalue weighted by molar-refractivity contribution is 5.90. The molecule has 0 unspecified atom stereocenters. The van der Waals surface area contributed by atoms with E-state index >= 15 is 0 Å². The van der Waals surface area contributed by atoms with E-state index in [0.717, 1.165) is 73.8 Å². The van der Waals surface area contributed by atoms with Gasteiger partial charge in [-0.2, -0.15) is 0 Å². The molecule has 5 rings (SSSR count). The Morgan fingerprint density at radius 3 is 2.49 bits per heavy atom. The number of aliphatic hydroxyl groups is 1. The highest BCUT2D eigenvalue weighted by atomic mass is 16.5. The number of aromatic nitrogens is 3. The van der Waals surface area contributed by atoms with Crippen LogP contribution in [0.25, 0.3) is 10.9 Å². The average molecular weight is 478 g/mol. The van der Waals surface area contributed by atoms with Crippen LogP contribution >= 0.6 is 0 Å². The number of anilines is 2. The van der Waals surface area contributed by atoms with Gasteiger partial charge in [-0.15, -0.1) is 0 Å². The summed E-state index contributed by atoms with van der Waals surface area (Å²) < 4.78 is 11.1. The molecule has 1 aliphatic heterocycles. The minimum absolute atomic E-state index is 0.119. The van der Waals surface area contributed by atoms with E-state index in [0.29, 0.717) is 17.4 Å². The van der Waals surface area contributed by atoms with Crippen LogP contribution in [0.4, 0.5) is 11.6 Å². The number of piperidine rings is 1. The lowest BCUT2D eigenvalue weighted by atomic mass is 9.83. The number of rotatable bonds is 6. The van der Waals surface area contributed by atoms with Crippen LogP contribution in [-0.4, -0.2) is 58.4 Å². The van der Waals surface area contributed by atoms with Crippen LogP contribution in [0.15, 0.2) is 36.7 Å². The molecular weight excluding hydrogens is 446 g/mol. The Bertz CT molecular complexity index is 1170. The molecule has 0 spiro atoms. The molecule has 2 aromatic heterocycles. The number of hydrogen-bond acceptors (Lipinski definition) is 9. The van der Waals surface area contributed by atoms with Crippen LogP contribution in [0.5, 0.6) is 5.88 Å². The summed E-state index contributed by atoms with van der Waals surface area (Å²) in [6, 6.07) is 6.98. The zero-order valence-electron chi connectivity index (χ0n) is 19.9. The Morgan fingerprint density at radius 1 is 1.03 bits per heavy atom. The fraction of sp³-hybridized carbons (Fsp3) is 0.462. The molecule has 35 heavy (non-hydrogen) atoms. The van der Waals surface area contributed by atoms with Gasteiger partial charge < -0.3 is 25.2 Å². The Hall–Kier alpha value is -3.30. The van der Waals surface area contributed by atoms with Gasteiger partial charge in [-0.25, -0.2) is 19.7 Å². The molecule has 0 atom stereocenters. The summed E-state index contributed by atoms with van der Waals surface area (Å²) >= 11 is 0. The number of fused-ring (bicyclic) bond motifs is 1. The maximum Gasteiger partial charge on any atom is 0.337 e. The van der Waals surface area contributed by atoms with E-state index in [2.05, 4.69) is 15.6 Å². The highest BCUT2D eigenvalue weighted by Crippen LogP contribution is 2.38. The van der Waals surface area contributed by atoms with Gasteiger partial charge in [0.1, 0.15) is 6.10 Å². The largest absolute Gasteiger partial charge is 0.474 e. The molecule has 184 valence electrons. The van der Waals surface area contributed by atoms with E-state index < -0.39 is 0 Å². The number of pyridine rings is 1. The predicted molar refractivity (Wildman–Crippen MR) is 132 cm³/mol. The van der Waals surface area contributed by atoms with E-state index in [-0.39, 0.29) is 24.1 Å². The van der Waals surface area contributed by atoms with Crippen LogP contribution in [0.2, 0.25) is 0 Å². The van der Waals surface area contributed by atoms with Crippen molar-refractivity contribution in [2.24, 2.45) is 0 Å². The van der Waals surface area contributed by atoms with Crippen molar-refractivity contribution >= 4 is 28.5 Å². The maximum absolute atomic E-state index is 11.7. The first-order valence-electron chi connectivity index (χ1n) is 12.3. The Kier molecular flexibility index (Phi) is 7.06. The molecule has 0 radical (unpaired) electrons. The van der Waals surface area contributed by atoms with Crippen molar-refractivity contribution in [3.05, 3.63) is 47.8 Å². The van der Waals surface area contributed by atoms with Gasteiger partial charge in [-0.05, 0) is 81.8 Å². The first-order valence-corrected chi connectivity index (χ1v) is 12.3. The second kappa shape index (κ2) is 10.5. The van der Waals surface area contributed by atoms with Gasteiger partial charge in [-0.1, -0.05) is 0 Å². The van der Waals surface area contributed by atoms with Gasteiger partial charge in [0, 0.05) is 23.6 Å². The Morgan fingerprint density at radius 2 is 1.77 bits per heavy atom. The highest BCUT2D eigenvalue weighted by Gasteiger charge is 2.25. The fourth-order valence-corrected chi connectivity index (χ4v) is 4.86. The topological polar surface area (TPSA) is 118 Å². The second-order valence-electron chi connectivity index (χ2n) is 9.24. The summed E-state index contributed by atoms with van der Waals surface area (Å²) in [7, 11) is 1.36. The lowest BCUT2D eigenvalue weighted by molar-refractivity contribution is 0.0600. The van der Waals surface area contributed by atoms with E-state index in [1.165, 1.54) is 7.11 Å². The van der Waals surface area contributed by atoms with Crippen molar-refractivity contribution in [3.8, 4) is 5.88 Å². The average Bonchev–Trinajstić information content (AvgIpc) is 2.90. The van der Waals surface area contributed by atoms with Crippen LogP contribution in [0.3, 0.4) is 0 Å². The number of aliphatic hydroxyl groups excluding tert-OH is 1. The number of esters is 1. The third kappa shape index (κ3) is 5.36. The molecule has 1 saturated carbocycles. The van der Waals surface area contributed by atoms with E-state index in [1.54, 1.807) is 30.5 Å². The summed E-state index contributed by atoms with van der Waals surface area (Å²) in [4.78, 5) is 25.8. The minimum atomic E-state index is -0.380. The number of benzene rings is 1. The number of carbonyl (C=O) groups is 1. The van der Waals surface area contributed by atoms with Crippen LogP contribution < -0.4 is 15.4 Å². The standard InChI is InChI=1S/C26H31N5O4/c1-34-25(33)17-2-6-18(7-3-17)30-26-29-15-22-23(31-26)21(16-4-8-19(32)9-5-16)14-28-24(22)35-20-10-12-27-13-11-20/h2-3,6-7,14-16,19-20,27,32H,4-5,8-13H2,1H3,(H,29,30,31)/t16-,19-. The molecule has 1 aliphatic carbocycles. The molecule has 1 saturated heterocycles. The lowest BCUT2D eigenvalue weighted by Gasteiger charge is -2.27. The van der Waals surface area contributed by atoms with Crippen molar-refractivity contribution in [1.82, 2.24) is 20.3 Å².